The molecule has 160 valence electrons. The standard InChI is InChI=1S/C25H33N3O2/c29-25(27-11-3-6-20-4-1-2-5-20)24-16-23(17-26-18-24)22-9-7-21(8-10-22)19-28-12-14-30-15-13-28/h7-10,16-18,20H,1-6,11-15,19H2,(H,27,29). The Kier molecular flexibility index (Phi) is 7.49. The van der Waals surface area contributed by atoms with Gasteiger partial charge in [-0.2, -0.15) is 0 Å². The SMILES string of the molecule is O=C(NCCCC1CCCC1)c1cncc(-c2ccc(CN3CCOCC3)cc2)c1. The van der Waals surface area contributed by atoms with Crippen molar-refractivity contribution in [3.8, 4) is 11.1 Å². The summed E-state index contributed by atoms with van der Waals surface area (Å²) in [4.78, 5) is 19.3. The average Bonchev–Trinajstić information content (AvgIpc) is 3.31. The third-order valence-corrected chi connectivity index (χ3v) is 6.35. The largest absolute Gasteiger partial charge is 0.379 e. The molecule has 1 aliphatic heterocycles. The summed E-state index contributed by atoms with van der Waals surface area (Å²) < 4.78 is 5.42. The Bertz CT molecular complexity index is 809. The van der Waals surface area contributed by atoms with E-state index < -0.39 is 0 Å². The van der Waals surface area contributed by atoms with Gasteiger partial charge in [0.15, 0.2) is 0 Å². The van der Waals surface area contributed by atoms with E-state index >= 15 is 0 Å². The van der Waals surface area contributed by atoms with Crippen molar-refractivity contribution in [2.45, 2.75) is 45.1 Å². The zero-order chi connectivity index (χ0) is 20.6. The smallest absolute Gasteiger partial charge is 0.252 e. The van der Waals surface area contributed by atoms with E-state index in [1.54, 1.807) is 6.20 Å². The summed E-state index contributed by atoms with van der Waals surface area (Å²) in [7, 11) is 0. The molecule has 30 heavy (non-hydrogen) atoms. The van der Waals surface area contributed by atoms with E-state index in [9.17, 15) is 4.79 Å². The number of ether oxygens (including phenoxy) is 1. The predicted molar refractivity (Wildman–Crippen MR) is 119 cm³/mol. The molecule has 2 aromatic rings. The highest BCUT2D eigenvalue weighted by atomic mass is 16.5. The van der Waals surface area contributed by atoms with Gasteiger partial charge in [0.2, 0.25) is 0 Å². The highest BCUT2D eigenvalue weighted by molar-refractivity contribution is 5.95. The average molecular weight is 408 g/mol. The van der Waals surface area contributed by atoms with Crippen molar-refractivity contribution in [1.29, 1.82) is 0 Å². The molecular formula is C25H33N3O2. The zero-order valence-corrected chi connectivity index (χ0v) is 17.8. The van der Waals surface area contributed by atoms with Gasteiger partial charge in [0, 0.05) is 44.1 Å². The lowest BCUT2D eigenvalue weighted by Gasteiger charge is -2.26. The number of hydrogen-bond acceptors (Lipinski definition) is 4. The van der Waals surface area contributed by atoms with Gasteiger partial charge in [-0.1, -0.05) is 49.9 Å². The molecule has 0 spiro atoms. The summed E-state index contributed by atoms with van der Waals surface area (Å²) in [5, 5.41) is 3.06. The molecule has 2 heterocycles. The first-order valence-corrected chi connectivity index (χ1v) is 11.4. The number of nitrogens with one attached hydrogen (secondary N) is 1. The van der Waals surface area contributed by atoms with Gasteiger partial charge in [-0.3, -0.25) is 14.7 Å². The van der Waals surface area contributed by atoms with Crippen LogP contribution in [0.3, 0.4) is 0 Å². The number of amides is 1. The second kappa shape index (κ2) is 10.7. The number of nitrogens with zero attached hydrogens (tertiary/aromatic N) is 2. The van der Waals surface area contributed by atoms with Gasteiger partial charge in [-0.25, -0.2) is 0 Å². The van der Waals surface area contributed by atoms with E-state index in [1.807, 2.05) is 12.3 Å². The fourth-order valence-electron chi connectivity index (χ4n) is 4.54. The zero-order valence-electron chi connectivity index (χ0n) is 17.8. The summed E-state index contributed by atoms with van der Waals surface area (Å²) in [6, 6.07) is 10.5. The third kappa shape index (κ3) is 5.89. The Balaban J connectivity index is 1.30. The molecule has 1 aromatic carbocycles. The van der Waals surface area contributed by atoms with Gasteiger partial charge in [-0.15, -0.1) is 0 Å². The molecule has 2 aliphatic rings. The maximum Gasteiger partial charge on any atom is 0.252 e. The molecule has 1 saturated carbocycles. The Hall–Kier alpha value is -2.24. The molecule has 5 nitrogen and oxygen atoms in total. The highest BCUT2D eigenvalue weighted by Gasteiger charge is 2.15. The fourth-order valence-corrected chi connectivity index (χ4v) is 4.54. The second-order valence-electron chi connectivity index (χ2n) is 8.60. The second-order valence-corrected chi connectivity index (χ2v) is 8.60. The van der Waals surface area contributed by atoms with Crippen LogP contribution >= 0.6 is 0 Å². The van der Waals surface area contributed by atoms with Crippen LogP contribution in [0, 0.1) is 5.92 Å². The number of carbonyl (C=O) groups is 1. The Morgan fingerprint density at radius 3 is 2.60 bits per heavy atom. The van der Waals surface area contributed by atoms with Crippen molar-refractivity contribution in [3.63, 3.8) is 0 Å². The van der Waals surface area contributed by atoms with Crippen LogP contribution in [0.5, 0.6) is 0 Å². The van der Waals surface area contributed by atoms with E-state index in [1.165, 1.54) is 37.7 Å². The summed E-state index contributed by atoms with van der Waals surface area (Å²) >= 11 is 0. The van der Waals surface area contributed by atoms with Crippen molar-refractivity contribution in [2.24, 2.45) is 5.92 Å². The lowest BCUT2D eigenvalue weighted by molar-refractivity contribution is 0.0342. The minimum Gasteiger partial charge on any atom is -0.379 e. The number of morpholine rings is 1. The Morgan fingerprint density at radius 2 is 1.83 bits per heavy atom. The number of aromatic nitrogens is 1. The molecule has 0 atom stereocenters. The van der Waals surface area contributed by atoms with Gasteiger partial charge >= 0.3 is 0 Å². The normalized spacial score (nSPS) is 17.9. The van der Waals surface area contributed by atoms with E-state index in [-0.39, 0.29) is 5.91 Å². The maximum absolute atomic E-state index is 12.5. The van der Waals surface area contributed by atoms with Crippen LogP contribution in [0.2, 0.25) is 0 Å². The summed E-state index contributed by atoms with van der Waals surface area (Å²) in [5.74, 6) is 0.845. The summed E-state index contributed by atoms with van der Waals surface area (Å²) in [6.07, 6.45) is 11.3. The lowest BCUT2D eigenvalue weighted by Crippen LogP contribution is -2.35. The van der Waals surface area contributed by atoms with E-state index in [2.05, 4.69) is 39.5 Å². The lowest BCUT2D eigenvalue weighted by atomic mass is 10.0. The molecular weight excluding hydrogens is 374 g/mol. The van der Waals surface area contributed by atoms with Crippen LogP contribution in [0.4, 0.5) is 0 Å². The maximum atomic E-state index is 12.5. The molecule has 1 aromatic heterocycles. The third-order valence-electron chi connectivity index (χ3n) is 6.35. The van der Waals surface area contributed by atoms with Crippen molar-refractivity contribution in [2.75, 3.05) is 32.8 Å². The number of hydrogen-bond donors (Lipinski definition) is 1. The molecule has 0 unspecified atom stereocenters. The number of carbonyl (C=O) groups excluding carboxylic acids is 1. The fraction of sp³-hybridized carbons (Fsp3) is 0.520. The van der Waals surface area contributed by atoms with Crippen molar-refractivity contribution < 1.29 is 9.53 Å². The van der Waals surface area contributed by atoms with Gasteiger partial charge < -0.3 is 10.1 Å². The highest BCUT2D eigenvalue weighted by Crippen LogP contribution is 2.28. The van der Waals surface area contributed by atoms with Gasteiger partial charge in [0.25, 0.3) is 5.91 Å². The Morgan fingerprint density at radius 1 is 1.07 bits per heavy atom. The van der Waals surface area contributed by atoms with E-state index in [4.69, 9.17) is 4.74 Å². The molecule has 0 radical (unpaired) electrons. The number of rotatable bonds is 8. The monoisotopic (exact) mass is 407 g/mol. The summed E-state index contributed by atoms with van der Waals surface area (Å²) in [5.41, 5.74) is 3.99. The first-order chi connectivity index (χ1) is 14.8. The van der Waals surface area contributed by atoms with Crippen LogP contribution in [0.1, 0.15) is 54.4 Å². The quantitative estimate of drug-likeness (QED) is 0.664. The Labute approximate surface area is 179 Å². The minimum absolute atomic E-state index is 0.0280. The first kappa shape index (κ1) is 21.0. The van der Waals surface area contributed by atoms with Gasteiger partial charge in [-0.05, 0) is 36.0 Å². The van der Waals surface area contributed by atoms with Crippen molar-refractivity contribution in [3.05, 3.63) is 53.9 Å². The minimum atomic E-state index is -0.0280. The van der Waals surface area contributed by atoms with Crippen LogP contribution in [0.25, 0.3) is 11.1 Å². The molecule has 1 saturated heterocycles. The molecule has 0 bridgehead atoms. The first-order valence-electron chi connectivity index (χ1n) is 11.4. The van der Waals surface area contributed by atoms with Crippen LogP contribution in [0.15, 0.2) is 42.7 Å². The predicted octanol–water partition coefficient (Wildman–Crippen LogP) is 4.28. The van der Waals surface area contributed by atoms with Gasteiger partial charge in [0.1, 0.15) is 0 Å². The topological polar surface area (TPSA) is 54.5 Å². The van der Waals surface area contributed by atoms with Crippen molar-refractivity contribution in [1.82, 2.24) is 15.2 Å². The number of benzene rings is 1. The molecule has 1 amide bonds. The van der Waals surface area contributed by atoms with Gasteiger partial charge in [0.05, 0.1) is 18.8 Å². The summed E-state index contributed by atoms with van der Waals surface area (Å²) in [6.45, 7) is 5.31. The van der Waals surface area contributed by atoms with Crippen LogP contribution in [-0.4, -0.2) is 48.6 Å². The molecule has 5 heteroatoms. The van der Waals surface area contributed by atoms with E-state index in [0.717, 1.165) is 62.9 Å². The van der Waals surface area contributed by atoms with E-state index in [0.29, 0.717) is 5.56 Å². The molecule has 1 N–H and O–H groups in total. The van der Waals surface area contributed by atoms with Crippen LogP contribution < -0.4 is 5.32 Å². The molecule has 2 fully saturated rings. The molecule has 1 aliphatic carbocycles. The molecule has 4 rings (SSSR count). The van der Waals surface area contributed by atoms with Crippen LogP contribution in [-0.2, 0) is 11.3 Å². The van der Waals surface area contributed by atoms with Crippen molar-refractivity contribution >= 4 is 5.91 Å². The number of pyridine rings is 1.